The molecule has 3 rings (SSSR count). The van der Waals surface area contributed by atoms with Crippen molar-refractivity contribution in [2.75, 3.05) is 0 Å². The first-order chi connectivity index (χ1) is 11.1. The zero-order valence-electron chi connectivity index (χ0n) is 13.3. The fourth-order valence-electron chi connectivity index (χ4n) is 3.09. The van der Waals surface area contributed by atoms with Crippen molar-refractivity contribution in [3.05, 3.63) is 71.3 Å². The van der Waals surface area contributed by atoms with E-state index in [1.165, 1.54) is 0 Å². The number of rotatable bonds is 4. The second-order valence-corrected chi connectivity index (χ2v) is 6.19. The highest BCUT2D eigenvalue weighted by Crippen LogP contribution is 2.18. The molecule has 3 heteroatoms. The maximum Gasteiger partial charge on any atom is 0.193 e. The number of Topliss-reactive ketones (excluding diaryl/α,β-unsaturated/α-hetero) is 1. The molecule has 3 nitrogen and oxygen atoms in total. The molecule has 1 saturated heterocycles. The van der Waals surface area contributed by atoms with Crippen molar-refractivity contribution >= 4 is 11.6 Å². The first-order valence-electron chi connectivity index (χ1n) is 8.15. The van der Waals surface area contributed by atoms with E-state index >= 15 is 0 Å². The third-order valence-electron chi connectivity index (χ3n) is 4.40. The molecule has 2 atom stereocenters. The van der Waals surface area contributed by atoms with Gasteiger partial charge in [-0.05, 0) is 26.2 Å². The molecule has 1 fully saturated rings. The molecule has 2 aromatic carbocycles. The van der Waals surface area contributed by atoms with Gasteiger partial charge in [-0.3, -0.25) is 9.59 Å². The summed E-state index contributed by atoms with van der Waals surface area (Å²) in [7, 11) is 0. The number of hydrogen-bond acceptors (Lipinski definition) is 3. The maximum atomic E-state index is 12.5. The Balaban J connectivity index is 1.74. The first kappa shape index (κ1) is 15.6. The fourth-order valence-corrected chi connectivity index (χ4v) is 3.09. The van der Waals surface area contributed by atoms with Crippen molar-refractivity contribution in [2.24, 2.45) is 0 Å². The molecule has 0 radical (unpaired) electrons. The lowest BCUT2D eigenvalue weighted by Gasteiger charge is -2.27. The largest absolute Gasteiger partial charge is 0.305 e. The lowest BCUT2D eigenvalue weighted by atomic mass is 9.92. The summed E-state index contributed by atoms with van der Waals surface area (Å²) in [6, 6.07) is 16.5. The molecule has 0 bridgehead atoms. The van der Waals surface area contributed by atoms with E-state index in [0.29, 0.717) is 22.7 Å². The lowest BCUT2D eigenvalue weighted by molar-refractivity contribution is 0.0914. The van der Waals surface area contributed by atoms with Gasteiger partial charge in [0.2, 0.25) is 0 Å². The van der Waals surface area contributed by atoms with Gasteiger partial charge in [-0.25, -0.2) is 0 Å². The van der Waals surface area contributed by atoms with Crippen LogP contribution >= 0.6 is 0 Å². The van der Waals surface area contributed by atoms with Crippen molar-refractivity contribution < 1.29 is 9.59 Å². The van der Waals surface area contributed by atoms with E-state index in [-0.39, 0.29) is 17.6 Å². The van der Waals surface area contributed by atoms with E-state index < -0.39 is 0 Å². The number of carbonyl (C=O) groups is 2. The van der Waals surface area contributed by atoms with E-state index in [2.05, 4.69) is 12.2 Å². The molecule has 2 aromatic rings. The second kappa shape index (κ2) is 6.88. The van der Waals surface area contributed by atoms with Crippen LogP contribution in [0.2, 0.25) is 0 Å². The Kier molecular flexibility index (Phi) is 4.68. The van der Waals surface area contributed by atoms with Crippen LogP contribution in [0.1, 0.15) is 52.5 Å². The number of carbonyl (C=O) groups excluding carboxylic acids is 2. The Bertz CT molecular complexity index is 691. The smallest absolute Gasteiger partial charge is 0.193 e. The third kappa shape index (κ3) is 3.57. The van der Waals surface area contributed by atoms with Gasteiger partial charge >= 0.3 is 0 Å². The quantitative estimate of drug-likeness (QED) is 0.877. The molecule has 23 heavy (non-hydrogen) atoms. The number of benzene rings is 2. The number of ketones is 2. The van der Waals surface area contributed by atoms with Crippen molar-refractivity contribution in [3.8, 4) is 0 Å². The van der Waals surface area contributed by atoms with E-state index in [0.717, 1.165) is 19.3 Å². The summed E-state index contributed by atoms with van der Waals surface area (Å²) in [5, 5.41) is 3.36. The zero-order valence-corrected chi connectivity index (χ0v) is 13.3. The molecular weight excluding hydrogens is 286 g/mol. The van der Waals surface area contributed by atoms with Gasteiger partial charge in [-0.2, -0.15) is 0 Å². The molecule has 0 amide bonds. The topological polar surface area (TPSA) is 46.2 Å². The SMILES string of the molecule is CC1CCCC(C(=O)c2ccc(C(=O)c3ccccc3)cc2)N1. The normalized spacial score (nSPS) is 20.9. The van der Waals surface area contributed by atoms with Crippen LogP contribution in [-0.4, -0.2) is 23.7 Å². The monoisotopic (exact) mass is 307 g/mol. The van der Waals surface area contributed by atoms with Crippen LogP contribution in [0, 0.1) is 0 Å². The number of nitrogens with one attached hydrogen (secondary N) is 1. The summed E-state index contributed by atoms with van der Waals surface area (Å²) >= 11 is 0. The summed E-state index contributed by atoms with van der Waals surface area (Å²) in [4.78, 5) is 24.9. The molecule has 1 heterocycles. The molecular formula is C20H21NO2. The molecule has 1 N–H and O–H groups in total. The Morgan fingerprint density at radius 2 is 1.48 bits per heavy atom. The van der Waals surface area contributed by atoms with Gasteiger partial charge in [0.1, 0.15) is 0 Å². The molecule has 0 saturated carbocycles. The molecule has 1 aliphatic rings. The van der Waals surface area contributed by atoms with E-state index in [4.69, 9.17) is 0 Å². The van der Waals surface area contributed by atoms with Gasteiger partial charge < -0.3 is 5.32 Å². The summed E-state index contributed by atoms with van der Waals surface area (Å²) in [5.41, 5.74) is 1.94. The van der Waals surface area contributed by atoms with Crippen molar-refractivity contribution in [2.45, 2.75) is 38.3 Å². The van der Waals surface area contributed by atoms with Crippen LogP contribution in [-0.2, 0) is 0 Å². The fraction of sp³-hybridized carbons (Fsp3) is 0.300. The average Bonchev–Trinajstić information content (AvgIpc) is 2.61. The van der Waals surface area contributed by atoms with Gasteiger partial charge in [0.25, 0.3) is 0 Å². The Labute approximate surface area is 136 Å². The minimum absolute atomic E-state index is 0.0194. The predicted molar refractivity (Wildman–Crippen MR) is 90.9 cm³/mol. The van der Waals surface area contributed by atoms with Crippen LogP contribution in [0.25, 0.3) is 0 Å². The summed E-state index contributed by atoms with van der Waals surface area (Å²) in [5.74, 6) is 0.101. The Hall–Kier alpha value is -2.26. The van der Waals surface area contributed by atoms with Crippen molar-refractivity contribution in [1.82, 2.24) is 5.32 Å². The van der Waals surface area contributed by atoms with E-state index in [9.17, 15) is 9.59 Å². The molecule has 1 aliphatic heterocycles. The minimum Gasteiger partial charge on any atom is -0.305 e. The zero-order chi connectivity index (χ0) is 16.2. The van der Waals surface area contributed by atoms with E-state index in [1.807, 2.05) is 18.2 Å². The molecule has 2 unspecified atom stereocenters. The van der Waals surface area contributed by atoms with Crippen LogP contribution in [0.4, 0.5) is 0 Å². The summed E-state index contributed by atoms with van der Waals surface area (Å²) < 4.78 is 0. The minimum atomic E-state index is -0.102. The average molecular weight is 307 g/mol. The van der Waals surface area contributed by atoms with Crippen LogP contribution in [0.15, 0.2) is 54.6 Å². The van der Waals surface area contributed by atoms with Crippen LogP contribution < -0.4 is 5.32 Å². The Morgan fingerprint density at radius 3 is 2.13 bits per heavy atom. The highest BCUT2D eigenvalue weighted by Gasteiger charge is 2.25. The molecule has 0 spiro atoms. The van der Waals surface area contributed by atoms with Gasteiger partial charge in [-0.1, -0.05) is 54.6 Å². The summed E-state index contributed by atoms with van der Waals surface area (Å²) in [6.07, 6.45) is 3.08. The number of piperidine rings is 1. The Morgan fingerprint density at radius 1 is 0.870 bits per heavy atom. The third-order valence-corrected chi connectivity index (χ3v) is 4.40. The summed E-state index contributed by atoms with van der Waals surface area (Å²) in [6.45, 7) is 2.11. The van der Waals surface area contributed by atoms with Crippen molar-refractivity contribution in [1.29, 1.82) is 0 Å². The van der Waals surface area contributed by atoms with Crippen LogP contribution in [0.5, 0.6) is 0 Å². The van der Waals surface area contributed by atoms with Crippen LogP contribution in [0.3, 0.4) is 0 Å². The first-order valence-corrected chi connectivity index (χ1v) is 8.15. The second-order valence-electron chi connectivity index (χ2n) is 6.19. The molecule has 118 valence electrons. The van der Waals surface area contributed by atoms with Gasteiger partial charge in [0.15, 0.2) is 11.6 Å². The standard InChI is InChI=1S/C20H21NO2/c1-14-6-5-9-18(21-14)20(23)17-12-10-16(11-13-17)19(22)15-7-3-2-4-8-15/h2-4,7-8,10-14,18,21H,5-6,9H2,1H3. The number of hydrogen-bond donors (Lipinski definition) is 1. The maximum absolute atomic E-state index is 12.5. The van der Waals surface area contributed by atoms with Gasteiger partial charge in [-0.15, -0.1) is 0 Å². The predicted octanol–water partition coefficient (Wildman–Crippen LogP) is 3.63. The van der Waals surface area contributed by atoms with Gasteiger partial charge in [0, 0.05) is 22.7 Å². The van der Waals surface area contributed by atoms with Gasteiger partial charge in [0.05, 0.1) is 6.04 Å². The van der Waals surface area contributed by atoms with E-state index in [1.54, 1.807) is 36.4 Å². The molecule has 0 aromatic heterocycles. The van der Waals surface area contributed by atoms with Crippen molar-refractivity contribution in [3.63, 3.8) is 0 Å². The molecule has 0 aliphatic carbocycles. The lowest BCUT2D eigenvalue weighted by Crippen LogP contribution is -2.45. The highest BCUT2D eigenvalue weighted by molar-refractivity contribution is 6.09. The highest BCUT2D eigenvalue weighted by atomic mass is 16.1.